The highest BCUT2D eigenvalue weighted by atomic mass is 14.6. The highest BCUT2D eigenvalue weighted by Gasteiger charge is 2.13. The SMILES string of the molecule is NC(c1ccccc1)c1ccc(C(N)c2ccc(C(N)c3ccccc3)cc2)cc1. The minimum Gasteiger partial charge on any atom is -0.320 e. The van der Waals surface area contributed by atoms with E-state index in [0.29, 0.717) is 0 Å². The van der Waals surface area contributed by atoms with E-state index in [9.17, 15) is 0 Å². The van der Waals surface area contributed by atoms with Crippen LogP contribution in [0.15, 0.2) is 109 Å². The van der Waals surface area contributed by atoms with Gasteiger partial charge in [-0.2, -0.15) is 0 Å². The summed E-state index contributed by atoms with van der Waals surface area (Å²) in [6.45, 7) is 0. The zero-order chi connectivity index (χ0) is 20.9. The van der Waals surface area contributed by atoms with Gasteiger partial charge in [0.2, 0.25) is 0 Å². The van der Waals surface area contributed by atoms with Crippen LogP contribution in [0.4, 0.5) is 0 Å². The lowest BCUT2D eigenvalue weighted by Gasteiger charge is -2.17. The Morgan fingerprint density at radius 2 is 0.500 bits per heavy atom. The average Bonchev–Trinajstić information content (AvgIpc) is 2.84. The molecule has 0 bridgehead atoms. The highest BCUT2D eigenvalue weighted by molar-refractivity contribution is 5.39. The molecule has 3 nitrogen and oxygen atoms in total. The first-order valence-electron chi connectivity index (χ1n) is 10.2. The fraction of sp³-hybridized carbons (Fsp3) is 0.111. The van der Waals surface area contributed by atoms with Gasteiger partial charge in [0.1, 0.15) is 0 Å². The lowest BCUT2D eigenvalue weighted by atomic mass is 9.93. The number of hydrogen-bond donors (Lipinski definition) is 3. The molecule has 4 rings (SSSR count). The summed E-state index contributed by atoms with van der Waals surface area (Å²) in [5.74, 6) is 0. The Morgan fingerprint density at radius 3 is 0.733 bits per heavy atom. The maximum Gasteiger partial charge on any atom is 0.0551 e. The van der Waals surface area contributed by atoms with E-state index in [1.807, 2.05) is 60.7 Å². The van der Waals surface area contributed by atoms with E-state index in [1.54, 1.807) is 0 Å². The summed E-state index contributed by atoms with van der Waals surface area (Å²) in [6.07, 6.45) is 0. The first-order valence-corrected chi connectivity index (χ1v) is 10.2. The van der Waals surface area contributed by atoms with Crippen molar-refractivity contribution in [3.63, 3.8) is 0 Å². The van der Waals surface area contributed by atoms with E-state index in [1.165, 1.54) is 0 Å². The Labute approximate surface area is 178 Å². The fourth-order valence-corrected chi connectivity index (χ4v) is 3.72. The predicted octanol–water partition coefficient (Wildman–Crippen LogP) is 4.83. The lowest BCUT2D eigenvalue weighted by Crippen LogP contribution is -2.15. The molecular formula is C27H27N3. The van der Waals surface area contributed by atoms with Crippen LogP contribution in [0.25, 0.3) is 0 Å². The average molecular weight is 394 g/mol. The van der Waals surface area contributed by atoms with E-state index >= 15 is 0 Å². The first-order chi connectivity index (χ1) is 14.6. The van der Waals surface area contributed by atoms with Gasteiger partial charge in [0, 0.05) is 0 Å². The van der Waals surface area contributed by atoms with Crippen molar-refractivity contribution in [1.29, 1.82) is 0 Å². The van der Waals surface area contributed by atoms with E-state index in [-0.39, 0.29) is 18.1 Å². The van der Waals surface area contributed by atoms with Crippen LogP contribution in [0, 0.1) is 0 Å². The Kier molecular flexibility index (Phi) is 6.05. The van der Waals surface area contributed by atoms with Crippen molar-refractivity contribution in [1.82, 2.24) is 0 Å². The molecule has 4 aromatic carbocycles. The van der Waals surface area contributed by atoms with Crippen LogP contribution in [0.3, 0.4) is 0 Å². The smallest absolute Gasteiger partial charge is 0.0551 e. The maximum absolute atomic E-state index is 6.53. The van der Waals surface area contributed by atoms with Crippen LogP contribution >= 0.6 is 0 Å². The number of nitrogens with two attached hydrogens (primary N) is 3. The number of hydrogen-bond acceptors (Lipinski definition) is 3. The van der Waals surface area contributed by atoms with Crippen molar-refractivity contribution < 1.29 is 0 Å². The third-order valence-electron chi connectivity index (χ3n) is 5.63. The summed E-state index contributed by atoms with van der Waals surface area (Å²) in [6, 6.07) is 36.2. The van der Waals surface area contributed by atoms with E-state index in [4.69, 9.17) is 17.2 Å². The molecule has 0 fully saturated rings. The summed E-state index contributed by atoms with van der Waals surface area (Å²) < 4.78 is 0. The zero-order valence-corrected chi connectivity index (χ0v) is 16.9. The topological polar surface area (TPSA) is 78.1 Å². The summed E-state index contributed by atoms with van der Waals surface area (Å²) in [4.78, 5) is 0. The summed E-state index contributed by atoms with van der Waals surface area (Å²) in [5, 5.41) is 0. The van der Waals surface area contributed by atoms with Gasteiger partial charge < -0.3 is 17.2 Å². The second-order valence-corrected chi connectivity index (χ2v) is 7.59. The van der Waals surface area contributed by atoms with Crippen molar-refractivity contribution in [3.8, 4) is 0 Å². The molecule has 0 saturated carbocycles. The molecule has 150 valence electrons. The molecule has 0 aliphatic rings. The number of rotatable bonds is 6. The molecule has 0 aliphatic carbocycles. The Balaban J connectivity index is 1.48. The molecule has 6 N–H and O–H groups in total. The molecule has 0 spiro atoms. The van der Waals surface area contributed by atoms with Gasteiger partial charge in [0.05, 0.1) is 18.1 Å². The quantitative estimate of drug-likeness (QED) is 0.439. The molecule has 30 heavy (non-hydrogen) atoms. The van der Waals surface area contributed by atoms with Crippen molar-refractivity contribution in [3.05, 3.63) is 143 Å². The zero-order valence-electron chi connectivity index (χ0n) is 16.9. The van der Waals surface area contributed by atoms with E-state index in [2.05, 4.69) is 48.5 Å². The van der Waals surface area contributed by atoms with Crippen LogP contribution in [-0.4, -0.2) is 0 Å². The molecule has 4 aromatic rings. The van der Waals surface area contributed by atoms with E-state index in [0.717, 1.165) is 33.4 Å². The van der Waals surface area contributed by atoms with Gasteiger partial charge in [0.15, 0.2) is 0 Å². The van der Waals surface area contributed by atoms with Crippen LogP contribution in [0.5, 0.6) is 0 Å². The Morgan fingerprint density at radius 1 is 0.300 bits per heavy atom. The minimum absolute atomic E-state index is 0.143. The van der Waals surface area contributed by atoms with Gasteiger partial charge in [-0.25, -0.2) is 0 Å². The maximum atomic E-state index is 6.53. The van der Waals surface area contributed by atoms with E-state index < -0.39 is 0 Å². The third kappa shape index (κ3) is 4.34. The summed E-state index contributed by atoms with van der Waals surface area (Å²) in [5.41, 5.74) is 25.8. The van der Waals surface area contributed by atoms with Crippen molar-refractivity contribution in [2.75, 3.05) is 0 Å². The van der Waals surface area contributed by atoms with Gasteiger partial charge >= 0.3 is 0 Å². The molecule has 2 unspecified atom stereocenters. The van der Waals surface area contributed by atoms with Gasteiger partial charge in [-0.3, -0.25) is 0 Å². The Bertz CT molecular complexity index is 970. The Hall–Kier alpha value is -3.24. The summed E-state index contributed by atoms with van der Waals surface area (Å²) >= 11 is 0. The molecule has 0 aromatic heterocycles. The van der Waals surface area contributed by atoms with Crippen molar-refractivity contribution in [2.24, 2.45) is 17.2 Å². The molecule has 0 amide bonds. The lowest BCUT2D eigenvalue weighted by molar-refractivity contribution is 0.842. The molecule has 0 saturated heterocycles. The molecule has 0 heterocycles. The highest BCUT2D eigenvalue weighted by Crippen LogP contribution is 2.26. The van der Waals surface area contributed by atoms with Gasteiger partial charge in [-0.15, -0.1) is 0 Å². The van der Waals surface area contributed by atoms with Crippen LogP contribution in [-0.2, 0) is 0 Å². The second kappa shape index (κ2) is 9.06. The van der Waals surface area contributed by atoms with Gasteiger partial charge in [-0.05, 0) is 33.4 Å². The van der Waals surface area contributed by atoms with Crippen molar-refractivity contribution >= 4 is 0 Å². The van der Waals surface area contributed by atoms with Crippen LogP contribution < -0.4 is 17.2 Å². The molecule has 2 atom stereocenters. The van der Waals surface area contributed by atoms with Crippen LogP contribution in [0.1, 0.15) is 51.5 Å². The van der Waals surface area contributed by atoms with Crippen LogP contribution in [0.2, 0.25) is 0 Å². The molecule has 0 aliphatic heterocycles. The largest absolute Gasteiger partial charge is 0.320 e. The summed E-state index contributed by atoms with van der Waals surface area (Å²) in [7, 11) is 0. The standard InChI is InChI=1S/C27H27N3/c28-25(19-7-3-1-4-8-19)21-11-15-23(16-12-21)27(30)24-17-13-22(14-18-24)26(29)20-9-5-2-6-10-20/h1-18,25-27H,28-30H2. The van der Waals surface area contributed by atoms with Gasteiger partial charge in [-0.1, -0.05) is 109 Å². The van der Waals surface area contributed by atoms with Crippen molar-refractivity contribution in [2.45, 2.75) is 18.1 Å². The molecule has 3 heteroatoms. The second-order valence-electron chi connectivity index (χ2n) is 7.59. The third-order valence-corrected chi connectivity index (χ3v) is 5.63. The monoisotopic (exact) mass is 393 g/mol. The molecular weight excluding hydrogens is 366 g/mol. The predicted molar refractivity (Wildman–Crippen MR) is 124 cm³/mol. The molecule has 0 radical (unpaired) electrons. The minimum atomic E-state index is -0.200. The first kappa shape index (κ1) is 20.0. The fourth-order valence-electron chi connectivity index (χ4n) is 3.72. The van der Waals surface area contributed by atoms with Gasteiger partial charge in [0.25, 0.3) is 0 Å². The number of benzene rings is 4. The normalized spacial score (nSPS) is 14.1.